The zero-order chi connectivity index (χ0) is 72.0. The van der Waals surface area contributed by atoms with Crippen molar-refractivity contribution < 1.29 is 96.7 Å². The van der Waals surface area contributed by atoms with Crippen molar-refractivity contribution >= 4 is 47.4 Å². The van der Waals surface area contributed by atoms with Crippen molar-refractivity contribution in [2.24, 2.45) is 37.9 Å². The predicted octanol–water partition coefficient (Wildman–Crippen LogP) is 8.98. The normalized spacial score (nSPS) is 19.8. The number of rotatable bonds is 49. The Bertz CT molecular complexity index is 2310. The van der Waals surface area contributed by atoms with Crippen molar-refractivity contribution in [3.63, 3.8) is 0 Å². The highest BCUT2D eigenvalue weighted by Gasteiger charge is 2.57. The lowest BCUT2D eigenvalue weighted by atomic mass is 9.55. The number of carboxylic acid groups (broad SMARTS) is 1. The molecular weight excluding hydrogens is 1220 g/mol. The molecule has 1 aliphatic rings. The van der Waals surface area contributed by atoms with Gasteiger partial charge in [0.05, 0.1) is 78.2 Å². The molecule has 1 heterocycles. The van der Waals surface area contributed by atoms with Crippen LogP contribution in [0, 0.1) is 49.2 Å². The number of hydrogen-bond donors (Lipinski definition) is 6. The van der Waals surface area contributed by atoms with E-state index < -0.39 is 105 Å². The summed E-state index contributed by atoms with van der Waals surface area (Å²) in [6.45, 7) is 27.4. The standard InChI is InChI=1S/C43H75N3O14.C27H51NO6/c1-8-9-10-14-22-58-39(53)41(3,4)28-43(6,40(54)59-26-25-55-7)29-42(5,30-44)19-17-34(50)45-20-24-56-23-18-32(49)16-13-11-12-15-21-57-38-35(46-31(2)48)37(52)36(51)33(27-47)60-38;1-11-14-17-33-23(32)26(8,20-27(15-12-2,21(29)30)24(4,5)6)19-25(7,13-3)22(31)34-18-16-28(9)10/h33,35-38,47,51-52H,8-29H2,1-7H3,(H,45,50)(H,46,48);11-20H2,1-10H3,(H,29,30)/t33-,35+,36+,37-,38-,42?,43?;/m1./s1. The Balaban J connectivity index is 0.00000215. The minimum Gasteiger partial charge on any atom is -0.481 e. The number of Topliss-reactive ketones (excluding diaryl/α,β-unsaturated/α-hetero) is 1. The molecule has 24 nitrogen and oxygen atoms in total. The fourth-order valence-electron chi connectivity index (χ4n) is 12.0. The van der Waals surface area contributed by atoms with Gasteiger partial charge in [-0.25, -0.2) is 0 Å². The van der Waals surface area contributed by atoms with E-state index in [1.807, 2.05) is 67.5 Å². The van der Waals surface area contributed by atoms with Crippen molar-refractivity contribution in [3.8, 4) is 6.07 Å². The Morgan fingerprint density at radius 2 is 1.16 bits per heavy atom. The monoisotopic (exact) mass is 1340 g/mol. The molecule has 0 aromatic rings. The highest BCUT2D eigenvalue weighted by Crippen LogP contribution is 2.54. The molecule has 2 amide bonds. The van der Waals surface area contributed by atoms with Crippen molar-refractivity contribution in [1.29, 1.82) is 5.26 Å². The Kier molecular flexibility index (Phi) is 42.5. The average Bonchev–Trinajstić information content (AvgIpc) is 0.763. The van der Waals surface area contributed by atoms with Crippen LogP contribution in [0.3, 0.4) is 0 Å². The van der Waals surface area contributed by atoms with Crippen LogP contribution in [-0.4, -0.2) is 197 Å². The van der Waals surface area contributed by atoms with Crippen LogP contribution in [0.15, 0.2) is 0 Å². The molecule has 1 aliphatic heterocycles. The van der Waals surface area contributed by atoms with E-state index in [9.17, 15) is 64.0 Å². The van der Waals surface area contributed by atoms with E-state index in [2.05, 4.69) is 23.6 Å². The number of aliphatic hydroxyl groups is 3. The zero-order valence-corrected chi connectivity index (χ0v) is 60.7. The van der Waals surface area contributed by atoms with Gasteiger partial charge >= 0.3 is 29.8 Å². The number of amides is 2. The summed E-state index contributed by atoms with van der Waals surface area (Å²) in [5, 5.41) is 55.9. The fourth-order valence-corrected chi connectivity index (χ4v) is 12.0. The number of carbonyl (C=O) groups is 8. The van der Waals surface area contributed by atoms with Crippen LogP contribution in [0.2, 0.25) is 0 Å². The number of esters is 4. The third-order valence-electron chi connectivity index (χ3n) is 17.8. The molecule has 0 aromatic carbocycles. The average molecular weight is 1340 g/mol. The molecule has 0 aliphatic carbocycles. The lowest BCUT2D eigenvalue weighted by Gasteiger charge is -2.47. The van der Waals surface area contributed by atoms with Gasteiger partial charge in [0.15, 0.2) is 6.29 Å². The fraction of sp³-hybridized carbons (Fsp3) is 0.871. The molecule has 94 heavy (non-hydrogen) atoms. The van der Waals surface area contributed by atoms with E-state index in [1.54, 1.807) is 34.6 Å². The summed E-state index contributed by atoms with van der Waals surface area (Å²) in [7, 11) is 5.30. The van der Waals surface area contributed by atoms with Crippen LogP contribution >= 0.6 is 0 Å². The van der Waals surface area contributed by atoms with Crippen LogP contribution in [-0.2, 0) is 76.3 Å². The van der Waals surface area contributed by atoms with Gasteiger partial charge in [-0.15, -0.1) is 0 Å². The van der Waals surface area contributed by atoms with Crippen molar-refractivity contribution in [3.05, 3.63) is 0 Å². The van der Waals surface area contributed by atoms with Crippen molar-refractivity contribution in [1.82, 2.24) is 15.5 Å². The number of aliphatic hydroxyl groups excluding tert-OH is 3. The number of likely N-dealkylation sites (N-methyl/N-ethyl adjacent to an activating group) is 1. The molecule has 1 rings (SSSR count). The van der Waals surface area contributed by atoms with Gasteiger partial charge in [0.2, 0.25) is 11.8 Å². The molecule has 0 saturated carbocycles. The number of nitrogens with zero attached hydrogens (tertiary/aromatic N) is 2. The van der Waals surface area contributed by atoms with Crippen LogP contribution in [0.5, 0.6) is 0 Å². The van der Waals surface area contributed by atoms with E-state index in [0.29, 0.717) is 51.7 Å². The summed E-state index contributed by atoms with van der Waals surface area (Å²) in [6, 6.07) is 1.31. The van der Waals surface area contributed by atoms with Crippen LogP contribution in [0.25, 0.3) is 0 Å². The minimum atomic E-state index is -1.38. The second kappa shape index (κ2) is 44.9. The lowest BCUT2D eigenvalue weighted by molar-refractivity contribution is -0.270. The summed E-state index contributed by atoms with van der Waals surface area (Å²) in [5.41, 5.74) is -7.25. The number of ketones is 1. The molecule has 5 unspecified atom stereocenters. The van der Waals surface area contributed by atoms with E-state index in [4.69, 9.17) is 37.9 Å². The maximum absolute atomic E-state index is 13.5. The molecule has 6 N–H and O–H groups in total. The number of ether oxygens (including phenoxy) is 8. The molecule has 1 fully saturated rings. The highest BCUT2D eigenvalue weighted by atomic mass is 16.7. The van der Waals surface area contributed by atoms with Gasteiger partial charge in [0.1, 0.15) is 43.4 Å². The Labute approximate surface area is 563 Å². The number of hydrogen-bond acceptors (Lipinski definition) is 21. The molecule has 0 radical (unpaired) electrons. The largest absolute Gasteiger partial charge is 0.481 e. The number of nitriles is 1. The lowest BCUT2D eigenvalue weighted by Crippen LogP contribution is -2.64. The van der Waals surface area contributed by atoms with Gasteiger partial charge in [-0.2, -0.15) is 5.26 Å². The third kappa shape index (κ3) is 32.0. The maximum Gasteiger partial charge on any atom is 0.311 e. The van der Waals surface area contributed by atoms with Crippen LogP contribution < -0.4 is 10.6 Å². The minimum absolute atomic E-state index is 0.0180. The predicted molar refractivity (Wildman–Crippen MR) is 355 cm³/mol. The number of methoxy groups -OCH3 is 1. The first-order chi connectivity index (χ1) is 43.9. The molecular formula is C70H126N4O20. The zero-order valence-electron chi connectivity index (χ0n) is 60.7. The molecule has 10 atom stereocenters. The summed E-state index contributed by atoms with van der Waals surface area (Å²) in [6.07, 6.45) is 6.23. The Hall–Kier alpha value is -4.87. The first-order valence-electron chi connectivity index (χ1n) is 34.3. The molecule has 546 valence electrons. The Morgan fingerprint density at radius 1 is 0.596 bits per heavy atom. The van der Waals surface area contributed by atoms with Gasteiger partial charge < -0.3 is 73.9 Å². The van der Waals surface area contributed by atoms with E-state index in [0.717, 1.165) is 51.4 Å². The van der Waals surface area contributed by atoms with E-state index >= 15 is 0 Å². The smallest absolute Gasteiger partial charge is 0.311 e. The van der Waals surface area contributed by atoms with E-state index in [-0.39, 0.29) is 115 Å². The van der Waals surface area contributed by atoms with Gasteiger partial charge in [0.25, 0.3) is 0 Å². The molecule has 0 aromatic heterocycles. The number of nitrogens with one attached hydrogen (secondary N) is 2. The summed E-state index contributed by atoms with van der Waals surface area (Å²) in [5.74, 6) is -3.36. The second-order valence-electron chi connectivity index (χ2n) is 28.7. The first-order valence-corrected chi connectivity index (χ1v) is 34.3. The Morgan fingerprint density at radius 3 is 1.71 bits per heavy atom. The number of carboxylic acids is 1. The molecule has 0 bridgehead atoms. The maximum atomic E-state index is 13.5. The highest BCUT2D eigenvalue weighted by molar-refractivity contribution is 5.83. The summed E-state index contributed by atoms with van der Waals surface area (Å²) < 4.78 is 44.1. The summed E-state index contributed by atoms with van der Waals surface area (Å²) in [4.78, 5) is 105. The van der Waals surface area contributed by atoms with Gasteiger partial charge in [-0.3, -0.25) is 38.4 Å². The SMILES string of the molecule is CCCCCCOC(=O)C(C)(C)CC(C)(CC(C)(C#N)CCC(=O)NCCOCCC(=O)CCCCCCO[C@@H]1O[C@H](CO)[C@H](O)[C@H](O)[C@@H]1NC(C)=O)C(=O)OCCOC.CCCCOC(=O)C(C)(CC(C)(CC)C(=O)OCCN(C)C)CC(CCC)(C(=O)O)C(C)(C)C. The number of aliphatic carboxylic acids is 1. The van der Waals surface area contributed by atoms with Crippen LogP contribution in [0.1, 0.15) is 232 Å². The van der Waals surface area contributed by atoms with Crippen LogP contribution in [0.4, 0.5) is 0 Å². The van der Waals surface area contributed by atoms with Crippen molar-refractivity contribution in [2.45, 2.75) is 262 Å². The molecule has 24 heteroatoms. The molecule has 0 spiro atoms. The topological polar surface area (TPSA) is 342 Å². The molecule has 1 saturated heterocycles. The van der Waals surface area contributed by atoms with Crippen molar-refractivity contribution in [2.75, 3.05) is 93.8 Å². The van der Waals surface area contributed by atoms with Gasteiger partial charge in [0, 0.05) is 53.0 Å². The quantitative estimate of drug-likeness (QED) is 0.0188. The summed E-state index contributed by atoms with van der Waals surface area (Å²) >= 11 is 0. The second-order valence-corrected chi connectivity index (χ2v) is 28.7. The number of unbranched alkanes of at least 4 members (excludes halogenated alkanes) is 7. The van der Waals surface area contributed by atoms with Gasteiger partial charge in [-0.05, 0) is 132 Å². The third-order valence-corrected chi connectivity index (χ3v) is 17.8. The van der Waals surface area contributed by atoms with E-state index in [1.165, 1.54) is 14.0 Å². The number of carbonyl (C=O) groups excluding carboxylic acids is 7. The van der Waals surface area contributed by atoms with Gasteiger partial charge in [-0.1, -0.05) is 93.4 Å². The first kappa shape index (κ1) is 89.1.